The van der Waals surface area contributed by atoms with Crippen LogP contribution in [0, 0.1) is 6.92 Å². The number of halogens is 3. The van der Waals surface area contributed by atoms with Crippen LogP contribution in [0.15, 0.2) is 12.1 Å². The van der Waals surface area contributed by atoms with Crippen molar-refractivity contribution in [3.63, 3.8) is 0 Å². The van der Waals surface area contributed by atoms with E-state index in [4.69, 9.17) is 0 Å². The number of alkyl halides is 3. The summed E-state index contributed by atoms with van der Waals surface area (Å²) in [5.41, 5.74) is 1.10. The molecule has 6 nitrogen and oxygen atoms in total. The van der Waals surface area contributed by atoms with Crippen LogP contribution in [0.25, 0.3) is 0 Å². The Labute approximate surface area is 150 Å². The molecule has 0 saturated heterocycles. The van der Waals surface area contributed by atoms with Crippen molar-refractivity contribution in [2.45, 2.75) is 51.9 Å². The standard InChI is InChI=1S/C17H23F3N6/c1-10(2)26-7-5-6-14(21-16-22-24-25(4)23-16)12-8-11(3)13(9-15(12)26)17(18,19)20/h8-10,14H,5-7H2,1-4H3,(H,21,23). The van der Waals surface area contributed by atoms with Gasteiger partial charge in [-0.2, -0.15) is 18.0 Å². The molecule has 9 heteroatoms. The molecule has 0 spiro atoms. The largest absolute Gasteiger partial charge is 0.416 e. The lowest BCUT2D eigenvalue weighted by molar-refractivity contribution is -0.138. The molecule has 1 aliphatic rings. The topological polar surface area (TPSA) is 58.9 Å². The second kappa shape index (κ2) is 6.77. The van der Waals surface area contributed by atoms with E-state index >= 15 is 0 Å². The van der Waals surface area contributed by atoms with E-state index in [9.17, 15) is 13.2 Å². The Morgan fingerprint density at radius 2 is 2.00 bits per heavy atom. The summed E-state index contributed by atoms with van der Waals surface area (Å²) in [6.07, 6.45) is -2.74. The summed E-state index contributed by atoms with van der Waals surface area (Å²) >= 11 is 0. The number of rotatable bonds is 3. The van der Waals surface area contributed by atoms with E-state index in [2.05, 4.69) is 20.7 Å². The first kappa shape index (κ1) is 18.5. The van der Waals surface area contributed by atoms with Crippen molar-refractivity contribution in [2.24, 2.45) is 7.05 Å². The molecular weight excluding hydrogens is 345 g/mol. The highest BCUT2D eigenvalue weighted by Gasteiger charge is 2.35. The van der Waals surface area contributed by atoms with E-state index in [1.165, 1.54) is 17.8 Å². The molecule has 0 radical (unpaired) electrons. The van der Waals surface area contributed by atoms with E-state index in [-0.39, 0.29) is 17.6 Å². The fourth-order valence-corrected chi connectivity index (χ4v) is 3.48. The SMILES string of the molecule is Cc1cc2c(cc1C(F)(F)F)N(C(C)C)CCCC2Nc1nnn(C)n1. The third kappa shape index (κ3) is 3.61. The highest BCUT2D eigenvalue weighted by atomic mass is 19.4. The van der Waals surface area contributed by atoms with Gasteiger partial charge in [-0.1, -0.05) is 11.2 Å². The van der Waals surface area contributed by atoms with Crippen molar-refractivity contribution >= 4 is 11.6 Å². The van der Waals surface area contributed by atoms with Gasteiger partial charge in [0.1, 0.15) is 0 Å². The molecule has 0 amide bonds. The van der Waals surface area contributed by atoms with E-state index < -0.39 is 11.7 Å². The molecule has 1 aromatic heterocycles. The number of benzene rings is 1. The van der Waals surface area contributed by atoms with E-state index in [1.54, 1.807) is 13.1 Å². The molecule has 0 aliphatic carbocycles. The van der Waals surface area contributed by atoms with E-state index in [0.29, 0.717) is 18.2 Å². The summed E-state index contributed by atoms with van der Waals surface area (Å²) in [6, 6.07) is 2.87. The van der Waals surface area contributed by atoms with Crippen molar-refractivity contribution in [3.05, 3.63) is 28.8 Å². The molecule has 1 N–H and O–H groups in total. The van der Waals surface area contributed by atoms with Gasteiger partial charge >= 0.3 is 6.18 Å². The predicted molar refractivity (Wildman–Crippen MR) is 93.1 cm³/mol. The molecule has 2 heterocycles. The van der Waals surface area contributed by atoms with Crippen LogP contribution in [0.5, 0.6) is 0 Å². The third-order valence-electron chi connectivity index (χ3n) is 4.69. The molecule has 142 valence electrons. The van der Waals surface area contributed by atoms with Crippen LogP contribution in [0.3, 0.4) is 0 Å². The van der Waals surface area contributed by atoms with Gasteiger partial charge in [-0.15, -0.1) is 5.10 Å². The molecule has 1 atom stereocenters. The molecular formula is C17H23F3N6. The van der Waals surface area contributed by atoms with Gasteiger partial charge < -0.3 is 10.2 Å². The maximum atomic E-state index is 13.4. The number of hydrogen-bond donors (Lipinski definition) is 1. The number of aryl methyl sites for hydroxylation is 2. The molecule has 26 heavy (non-hydrogen) atoms. The van der Waals surface area contributed by atoms with Crippen molar-refractivity contribution in [1.82, 2.24) is 20.2 Å². The predicted octanol–water partition coefficient (Wildman–Crippen LogP) is 3.70. The molecule has 1 aromatic carbocycles. The molecule has 2 aromatic rings. The van der Waals surface area contributed by atoms with Gasteiger partial charge in [0, 0.05) is 18.3 Å². The van der Waals surface area contributed by atoms with Crippen molar-refractivity contribution < 1.29 is 13.2 Å². The smallest absolute Gasteiger partial charge is 0.369 e. The van der Waals surface area contributed by atoms with Gasteiger partial charge in [0.15, 0.2) is 0 Å². The summed E-state index contributed by atoms with van der Waals surface area (Å²) in [5.74, 6) is 0.374. The first-order valence-electron chi connectivity index (χ1n) is 8.65. The van der Waals surface area contributed by atoms with Gasteiger partial charge in [-0.05, 0) is 56.0 Å². The zero-order valence-corrected chi connectivity index (χ0v) is 15.3. The lowest BCUT2D eigenvalue weighted by Crippen LogP contribution is -2.32. The Hall–Kier alpha value is -2.32. The molecule has 0 fully saturated rings. The molecule has 0 bridgehead atoms. The van der Waals surface area contributed by atoms with Crippen molar-refractivity contribution in [2.75, 3.05) is 16.8 Å². The minimum absolute atomic E-state index is 0.103. The molecule has 3 rings (SSSR count). The summed E-state index contributed by atoms with van der Waals surface area (Å²) in [6.45, 7) is 6.20. The highest BCUT2D eigenvalue weighted by Crippen LogP contribution is 2.41. The molecule has 0 saturated carbocycles. The second-order valence-electron chi connectivity index (χ2n) is 6.95. The Balaban J connectivity index is 2.08. The second-order valence-corrected chi connectivity index (χ2v) is 6.95. The summed E-state index contributed by atoms with van der Waals surface area (Å²) < 4.78 is 40.3. The summed E-state index contributed by atoms with van der Waals surface area (Å²) in [4.78, 5) is 3.38. The Morgan fingerprint density at radius 3 is 2.58 bits per heavy atom. The average Bonchev–Trinajstić information content (AvgIpc) is 2.85. The van der Waals surface area contributed by atoms with Gasteiger partial charge in [-0.3, -0.25) is 0 Å². The van der Waals surface area contributed by atoms with Crippen molar-refractivity contribution in [1.29, 1.82) is 0 Å². The summed E-state index contributed by atoms with van der Waals surface area (Å²) in [7, 11) is 1.67. The molecule has 1 aliphatic heterocycles. The number of tetrazole rings is 1. The Bertz CT molecular complexity index is 783. The first-order chi connectivity index (χ1) is 12.2. The van der Waals surface area contributed by atoms with Crippen LogP contribution >= 0.6 is 0 Å². The summed E-state index contributed by atoms with van der Waals surface area (Å²) in [5, 5.41) is 15.1. The van der Waals surface area contributed by atoms with Gasteiger partial charge in [0.25, 0.3) is 5.95 Å². The van der Waals surface area contributed by atoms with Crippen LogP contribution in [-0.2, 0) is 13.2 Å². The third-order valence-corrected chi connectivity index (χ3v) is 4.69. The number of fused-ring (bicyclic) bond motifs is 1. The lowest BCUT2D eigenvalue weighted by Gasteiger charge is -2.31. The van der Waals surface area contributed by atoms with Crippen LogP contribution < -0.4 is 10.2 Å². The van der Waals surface area contributed by atoms with Crippen molar-refractivity contribution in [3.8, 4) is 0 Å². The van der Waals surface area contributed by atoms with Gasteiger partial charge in [0.05, 0.1) is 18.7 Å². The number of nitrogens with one attached hydrogen (secondary N) is 1. The number of nitrogens with zero attached hydrogens (tertiary/aromatic N) is 5. The van der Waals surface area contributed by atoms with Gasteiger partial charge in [-0.25, -0.2) is 0 Å². The van der Waals surface area contributed by atoms with Crippen LogP contribution in [0.1, 0.15) is 49.4 Å². The number of hydrogen-bond acceptors (Lipinski definition) is 5. The van der Waals surface area contributed by atoms with Gasteiger partial charge in [0.2, 0.25) is 0 Å². The van der Waals surface area contributed by atoms with E-state index in [1.807, 2.05) is 18.7 Å². The Kier molecular flexibility index (Phi) is 4.81. The Morgan fingerprint density at radius 1 is 1.27 bits per heavy atom. The fourth-order valence-electron chi connectivity index (χ4n) is 3.48. The van der Waals surface area contributed by atoms with Crippen LogP contribution in [0.4, 0.5) is 24.8 Å². The fraction of sp³-hybridized carbons (Fsp3) is 0.588. The van der Waals surface area contributed by atoms with Crippen LogP contribution in [-0.4, -0.2) is 32.8 Å². The maximum Gasteiger partial charge on any atom is 0.416 e. The molecule has 1 unspecified atom stereocenters. The highest BCUT2D eigenvalue weighted by molar-refractivity contribution is 5.61. The first-order valence-corrected chi connectivity index (χ1v) is 8.65. The number of anilines is 2. The lowest BCUT2D eigenvalue weighted by atomic mass is 9.96. The minimum Gasteiger partial charge on any atom is -0.369 e. The minimum atomic E-state index is -4.37. The van der Waals surface area contributed by atoms with E-state index in [0.717, 1.165) is 18.4 Å². The number of aromatic nitrogens is 4. The quantitative estimate of drug-likeness (QED) is 0.895. The zero-order chi connectivity index (χ0) is 19.1. The monoisotopic (exact) mass is 368 g/mol. The zero-order valence-electron chi connectivity index (χ0n) is 15.3. The van der Waals surface area contributed by atoms with Crippen LogP contribution in [0.2, 0.25) is 0 Å². The average molecular weight is 368 g/mol. The normalized spacial score (nSPS) is 18.0. The maximum absolute atomic E-state index is 13.4.